The van der Waals surface area contributed by atoms with Crippen LogP contribution in [0, 0.1) is 5.92 Å². The van der Waals surface area contributed by atoms with Crippen molar-refractivity contribution >= 4 is 5.91 Å². The van der Waals surface area contributed by atoms with Crippen LogP contribution in [0.4, 0.5) is 0 Å². The first-order chi connectivity index (χ1) is 8.20. The van der Waals surface area contributed by atoms with Crippen molar-refractivity contribution in [3.05, 3.63) is 35.9 Å². The fourth-order valence-corrected chi connectivity index (χ4v) is 2.17. The first-order valence-corrected chi connectivity index (χ1v) is 5.81. The molecule has 1 unspecified atom stereocenters. The molecule has 2 rings (SSSR count). The third-order valence-electron chi connectivity index (χ3n) is 3.19. The summed E-state index contributed by atoms with van der Waals surface area (Å²) in [6.45, 7) is 0.820. The van der Waals surface area contributed by atoms with E-state index in [-0.39, 0.29) is 18.4 Å². The zero-order valence-electron chi connectivity index (χ0n) is 9.62. The smallest absolute Gasteiger partial charge is 0.223 e. The molecule has 0 radical (unpaired) electrons. The first kappa shape index (κ1) is 12.1. The summed E-state index contributed by atoms with van der Waals surface area (Å²) in [5.41, 5.74) is 1.08. The molecule has 2 atom stereocenters. The van der Waals surface area contributed by atoms with E-state index in [1.165, 1.54) is 0 Å². The molecule has 1 saturated heterocycles. The van der Waals surface area contributed by atoms with Crippen molar-refractivity contribution in [3.8, 4) is 0 Å². The number of rotatable bonds is 4. The fraction of sp³-hybridized carbons (Fsp3) is 0.462. The molecule has 1 amide bonds. The van der Waals surface area contributed by atoms with Crippen LogP contribution >= 0.6 is 0 Å². The molecule has 4 heteroatoms. The molecular formula is C13H17NO3. The van der Waals surface area contributed by atoms with Gasteiger partial charge in [-0.05, 0) is 5.56 Å². The highest BCUT2D eigenvalue weighted by atomic mass is 16.3. The van der Waals surface area contributed by atoms with Crippen LogP contribution in [0.1, 0.15) is 12.0 Å². The Balaban J connectivity index is 1.97. The van der Waals surface area contributed by atoms with Crippen LogP contribution in [-0.4, -0.2) is 40.3 Å². The third-order valence-corrected chi connectivity index (χ3v) is 3.19. The predicted molar refractivity (Wildman–Crippen MR) is 63.1 cm³/mol. The topological polar surface area (TPSA) is 60.8 Å². The lowest BCUT2D eigenvalue weighted by Crippen LogP contribution is -2.28. The fourth-order valence-electron chi connectivity index (χ4n) is 2.17. The molecule has 1 aromatic rings. The lowest BCUT2D eigenvalue weighted by molar-refractivity contribution is -0.128. The maximum atomic E-state index is 11.7. The van der Waals surface area contributed by atoms with Crippen LogP contribution in [0.5, 0.6) is 0 Å². The summed E-state index contributed by atoms with van der Waals surface area (Å²) in [6.07, 6.45) is -0.464. The highest BCUT2D eigenvalue weighted by Crippen LogP contribution is 2.22. The number of likely N-dealkylation sites (tertiary alicyclic amines) is 1. The SMILES string of the molecule is O=C1C[C@H](C(O)CO)CN1Cc1ccccc1. The van der Waals surface area contributed by atoms with Crippen molar-refractivity contribution in [1.82, 2.24) is 4.90 Å². The van der Waals surface area contributed by atoms with E-state index in [1.807, 2.05) is 30.3 Å². The minimum Gasteiger partial charge on any atom is -0.394 e. The van der Waals surface area contributed by atoms with E-state index < -0.39 is 6.10 Å². The van der Waals surface area contributed by atoms with Crippen molar-refractivity contribution in [2.45, 2.75) is 19.1 Å². The summed E-state index contributed by atoms with van der Waals surface area (Å²) in [7, 11) is 0. The zero-order valence-corrected chi connectivity index (χ0v) is 9.62. The van der Waals surface area contributed by atoms with Gasteiger partial charge in [0.2, 0.25) is 5.91 Å². The van der Waals surface area contributed by atoms with Crippen LogP contribution in [0.3, 0.4) is 0 Å². The Hall–Kier alpha value is -1.39. The number of amides is 1. The monoisotopic (exact) mass is 235 g/mol. The highest BCUT2D eigenvalue weighted by molar-refractivity contribution is 5.78. The van der Waals surface area contributed by atoms with E-state index in [9.17, 15) is 9.90 Å². The van der Waals surface area contributed by atoms with E-state index in [2.05, 4.69) is 0 Å². The maximum Gasteiger partial charge on any atom is 0.223 e. The van der Waals surface area contributed by atoms with Gasteiger partial charge in [0.05, 0.1) is 12.7 Å². The van der Waals surface area contributed by atoms with Gasteiger partial charge in [0.1, 0.15) is 0 Å². The van der Waals surface area contributed by atoms with Crippen molar-refractivity contribution in [1.29, 1.82) is 0 Å². The number of carbonyl (C=O) groups excluding carboxylic acids is 1. The molecule has 1 aliphatic heterocycles. The first-order valence-electron chi connectivity index (χ1n) is 5.81. The lowest BCUT2D eigenvalue weighted by atomic mass is 10.0. The molecular weight excluding hydrogens is 218 g/mol. The van der Waals surface area contributed by atoms with Gasteiger partial charge < -0.3 is 15.1 Å². The Kier molecular flexibility index (Phi) is 3.76. The Labute approximate surface area is 100 Å². The van der Waals surface area contributed by atoms with Crippen LogP contribution < -0.4 is 0 Å². The van der Waals surface area contributed by atoms with Crippen LogP contribution in [-0.2, 0) is 11.3 Å². The molecule has 1 heterocycles. The minimum absolute atomic E-state index is 0.0475. The second kappa shape index (κ2) is 5.29. The molecule has 0 aromatic heterocycles. The number of hydrogen-bond donors (Lipinski definition) is 2. The third kappa shape index (κ3) is 2.84. The highest BCUT2D eigenvalue weighted by Gasteiger charge is 2.33. The normalized spacial score (nSPS) is 21.9. The van der Waals surface area contributed by atoms with Gasteiger partial charge in [-0.25, -0.2) is 0 Å². The van der Waals surface area contributed by atoms with Crippen molar-refractivity contribution in [2.75, 3.05) is 13.2 Å². The number of benzene rings is 1. The van der Waals surface area contributed by atoms with Crippen LogP contribution in [0.15, 0.2) is 30.3 Å². The van der Waals surface area contributed by atoms with Gasteiger partial charge >= 0.3 is 0 Å². The van der Waals surface area contributed by atoms with Crippen molar-refractivity contribution < 1.29 is 15.0 Å². The number of aliphatic hydroxyl groups excluding tert-OH is 2. The molecule has 17 heavy (non-hydrogen) atoms. The Morgan fingerprint density at radius 2 is 2.06 bits per heavy atom. The Morgan fingerprint density at radius 1 is 1.35 bits per heavy atom. The zero-order chi connectivity index (χ0) is 12.3. The Bertz CT molecular complexity index is 380. The summed E-state index contributed by atoms with van der Waals surface area (Å²) >= 11 is 0. The minimum atomic E-state index is -0.792. The largest absolute Gasteiger partial charge is 0.394 e. The summed E-state index contributed by atoms with van der Waals surface area (Å²) < 4.78 is 0. The lowest BCUT2D eigenvalue weighted by Gasteiger charge is -2.18. The van der Waals surface area contributed by atoms with Crippen molar-refractivity contribution in [3.63, 3.8) is 0 Å². The molecule has 1 fully saturated rings. The van der Waals surface area contributed by atoms with Gasteiger partial charge in [0.15, 0.2) is 0 Å². The number of nitrogens with zero attached hydrogens (tertiary/aromatic N) is 1. The van der Waals surface area contributed by atoms with Gasteiger partial charge in [-0.2, -0.15) is 0 Å². The number of aliphatic hydroxyl groups is 2. The second-order valence-electron chi connectivity index (χ2n) is 4.47. The second-order valence-corrected chi connectivity index (χ2v) is 4.47. The standard InChI is InChI=1S/C13H17NO3/c15-9-12(16)11-6-13(17)14(8-11)7-10-4-2-1-3-5-10/h1-5,11-12,15-16H,6-9H2/t11-,12?/m0/s1. The summed E-state index contributed by atoms with van der Waals surface area (Å²) in [5.74, 6) is -0.0948. The molecule has 92 valence electrons. The predicted octanol–water partition coefficient (Wildman–Crippen LogP) is 0.388. The van der Waals surface area contributed by atoms with E-state index in [0.29, 0.717) is 19.5 Å². The van der Waals surface area contributed by atoms with E-state index in [4.69, 9.17) is 5.11 Å². The van der Waals surface area contributed by atoms with Crippen LogP contribution in [0.2, 0.25) is 0 Å². The Morgan fingerprint density at radius 3 is 2.71 bits per heavy atom. The number of hydrogen-bond acceptors (Lipinski definition) is 3. The molecule has 0 bridgehead atoms. The van der Waals surface area contributed by atoms with E-state index in [1.54, 1.807) is 4.90 Å². The van der Waals surface area contributed by atoms with E-state index >= 15 is 0 Å². The summed E-state index contributed by atoms with van der Waals surface area (Å²) in [5, 5.41) is 18.4. The van der Waals surface area contributed by atoms with Gasteiger partial charge in [-0.3, -0.25) is 4.79 Å². The molecule has 2 N–H and O–H groups in total. The molecule has 1 aliphatic rings. The summed E-state index contributed by atoms with van der Waals surface area (Å²) in [6, 6.07) is 9.77. The molecule has 0 saturated carbocycles. The molecule has 4 nitrogen and oxygen atoms in total. The van der Waals surface area contributed by atoms with Crippen LogP contribution in [0.25, 0.3) is 0 Å². The molecule has 0 spiro atoms. The molecule has 1 aromatic carbocycles. The average Bonchev–Trinajstić information content (AvgIpc) is 2.71. The van der Waals surface area contributed by atoms with Crippen molar-refractivity contribution in [2.24, 2.45) is 5.92 Å². The summed E-state index contributed by atoms with van der Waals surface area (Å²) in [4.78, 5) is 13.5. The van der Waals surface area contributed by atoms with Gasteiger partial charge in [0, 0.05) is 25.4 Å². The quantitative estimate of drug-likeness (QED) is 0.793. The maximum absolute atomic E-state index is 11.7. The number of carbonyl (C=O) groups is 1. The molecule has 0 aliphatic carbocycles. The van der Waals surface area contributed by atoms with Gasteiger partial charge in [-0.1, -0.05) is 30.3 Å². The average molecular weight is 235 g/mol. The van der Waals surface area contributed by atoms with Gasteiger partial charge in [0.25, 0.3) is 0 Å². The van der Waals surface area contributed by atoms with Gasteiger partial charge in [-0.15, -0.1) is 0 Å². The van der Waals surface area contributed by atoms with E-state index in [0.717, 1.165) is 5.56 Å².